The number of rotatable bonds is 7. The molecule has 2 aromatic rings. The molecule has 2 rings (SSSR count). The standard InChI is InChI=1S/C14H12N6O2/c15-19-17-11-3-1-5-13(9-11)21-7-8-22-14-6-2-4-12(10-14)18-20-16/h1-6,9-10H,7-8H2. The van der Waals surface area contributed by atoms with Gasteiger partial charge in [-0.2, -0.15) is 0 Å². The maximum Gasteiger partial charge on any atom is 0.122 e. The number of hydrogen-bond donors (Lipinski definition) is 0. The maximum absolute atomic E-state index is 8.38. The Hall–Kier alpha value is -3.34. The van der Waals surface area contributed by atoms with Crippen LogP contribution in [0.5, 0.6) is 11.5 Å². The molecule has 0 aliphatic heterocycles. The van der Waals surface area contributed by atoms with Gasteiger partial charge in [-0.25, -0.2) is 0 Å². The third kappa shape index (κ3) is 4.64. The molecule has 0 radical (unpaired) electrons. The number of nitrogens with zero attached hydrogens (tertiary/aromatic N) is 6. The third-order valence-electron chi connectivity index (χ3n) is 2.58. The van der Waals surface area contributed by atoms with Gasteiger partial charge in [-0.15, -0.1) is 0 Å². The van der Waals surface area contributed by atoms with E-state index in [9.17, 15) is 0 Å². The second kappa shape index (κ2) is 8.06. The van der Waals surface area contributed by atoms with Crippen LogP contribution in [-0.4, -0.2) is 13.2 Å². The first kappa shape index (κ1) is 15.1. The molecule has 0 aliphatic carbocycles. The van der Waals surface area contributed by atoms with Gasteiger partial charge in [0.05, 0.1) is 0 Å². The van der Waals surface area contributed by atoms with Gasteiger partial charge in [0.2, 0.25) is 0 Å². The Morgan fingerprint density at radius 3 is 1.64 bits per heavy atom. The van der Waals surface area contributed by atoms with Crippen molar-refractivity contribution in [2.45, 2.75) is 0 Å². The van der Waals surface area contributed by atoms with E-state index in [-0.39, 0.29) is 0 Å². The summed E-state index contributed by atoms with van der Waals surface area (Å²) in [6, 6.07) is 13.7. The van der Waals surface area contributed by atoms with Gasteiger partial charge in [0.1, 0.15) is 24.7 Å². The van der Waals surface area contributed by atoms with Crippen LogP contribution in [0.3, 0.4) is 0 Å². The Labute approximate surface area is 126 Å². The first-order valence-electron chi connectivity index (χ1n) is 6.38. The van der Waals surface area contributed by atoms with Crippen LogP contribution in [0, 0.1) is 0 Å². The highest BCUT2D eigenvalue weighted by molar-refractivity contribution is 5.43. The van der Waals surface area contributed by atoms with Gasteiger partial charge in [-0.3, -0.25) is 0 Å². The van der Waals surface area contributed by atoms with Crippen LogP contribution in [0.15, 0.2) is 58.8 Å². The van der Waals surface area contributed by atoms with Gasteiger partial charge in [0, 0.05) is 21.2 Å². The van der Waals surface area contributed by atoms with Gasteiger partial charge in [-0.05, 0) is 35.3 Å². The molecule has 0 atom stereocenters. The summed E-state index contributed by atoms with van der Waals surface area (Å²) in [4.78, 5) is 5.43. The molecule has 2 aromatic carbocycles. The normalized spacial score (nSPS) is 9.27. The first-order chi connectivity index (χ1) is 10.8. The van der Waals surface area contributed by atoms with Crippen molar-refractivity contribution in [1.82, 2.24) is 0 Å². The quantitative estimate of drug-likeness (QED) is 0.308. The number of hydrogen-bond acceptors (Lipinski definition) is 4. The predicted octanol–water partition coefficient (Wildman–Crippen LogP) is 5.03. The van der Waals surface area contributed by atoms with Gasteiger partial charge >= 0.3 is 0 Å². The molecule has 0 heterocycles. The Kier molecular flexibility index (Phi) is 5.52. The van der Waals surface area contributed by atoms with Gasteiger partial charge in [0.25, 0.3) is 0 Å². The summed E-state index contributed by atoms with van der Waals surface area (Å²) in [7, 11) is 0. The third-order valence-corrected chi connectivity index (χ3v) is 2.58. The molecule has 0 N–H and O–H groups in total. The average molecular weight is 296 g/mol. The highest BCUT2D eigenvalue weighted by Gasteiger charge is 1.98. The molecule has 0 aliphatic rings. The zero-order valence-electron chi connectivity index (χ0n) is 11.5. The number of ether oxygens (including phenoxy) is 2. The van der Waals surface area contributed by atoms with Crippen LogP contribution in [0.4, 0.5) is 11.4 Å². The van der Waals surface area contributed by atoms with Crippen molar-refractivity contribution >= 4 is 11.4 Å². The maximum atomic E-state index is 8.38. The number of benzene rings is 2. The molecule has 110 valence electrons. The Morgan fingerprint density at radius 1 is 0.773 bits per heavy atom. The zero-order valence-corrected chi connectivity index (χ0v) is 11.5. The summed E-state index contributed by atoms with van der Waals surface area (Å²) in [5, 5.41) is 7.00. The van der Waals surface area contributed by atoms with E-state index >= 15 is 0 Å². The van der Waals surface area contributed by atoms with E-state index < -0.39 is 0 Å². The second-order valence-electron chi connectivity index (χ2n) is 4.07. The lowest BCUT2D eigenvalue weighted by molar-refractivity contribution is 0.217. The molecule has 0 unspecified atom stereocenters. The molecule has 8 nitrogen and oxygen atoms in total. The SMILES string of the molecule is [N-]=[N+]=Nc1cccc(OCCOc2cccc(N=[N+]=[N-])c2)c1. The van der Waals surface area contributed by atoms with Crippen LogP contribution in [0.2, 0.25) is 0 Å². The van der Waals surface area contributed by atoms with Crippen molar-refractivity contribution in [3.8, 4) is 11.5 Å². The molecule has 0 bridgehead atoms. The average Bonchev–Trinajstić information content (AvgIpc) is 2.53. The largest absolute Gasteiger partial charge is 0.490 e. The molecule has 0 spiro atoms. The van der Waals surface area contributed by atoms with E-state index in [2.05, 4.69) is 20.1 Å². The van der Waals surface area contributed by atoms with Crippen LogP contribution >= 0.6 is 0 Å². The highest BCUT2D eigenvalue weighted by Crippen LogP contribution is 2.21. The lowest BCUT2D eigenvalue weighted by Crippen LogP contribution is -2.08. The number of azide groups is 2. The van der Waals surface area contributed by atoms with Crippen molar-refractivity contribution in [2.75, 3.05) is 13.2 Å². The minimum Gasteiger partial charge on any atom is -0.490 e. The van der Waals surface area contributed by atoms with Crippen molar-refractivity contribution in [3.05, 3.63) is 69.4 Å². The summed E-state index contributed by atoms with van der Waals surface area (Å²) in [6.45, 7) is 0.650. The summed E-state index contributed by atoms with van der Waals surface area (Å²) >= 11 is 0. The van der Waals surface area contributed by atoms with E-state index in [4.69, 9.17) is 20.5 Å². The molecule has 0 amide bonds. The summed E-state index contributed by atoms with van der Waals surface area (Å²) in [5.74, 6) is 1.19. The minimum absolute atomic E-state index is 0.325. The Bertz CT molecular complexity index is 672. The lowest BCUT2D eigenvalue weighted by atomic mass is 10.3. The van der Waals surface area contributed by atoms with Crippen molar-refractivity contribution in [3.63, 3.8) is 0 Å². The fraction of sp³-hybridized carbons (Fsp3) is 0.143. The zero-order chi connectivity index (χ0) is 15.6. The summed E-state index contributed by atoms with van der Waals surface area (Å²) in [5.41, 5.74) is 17.7. The molecular weight excluding hydrogens is 284 g/mol. The highest BCUT2D eigenvalue weighted by atomic mass is 16.5. The predicted molar refractivity (Wildman–Crippen MR) is 81.5 cm³/mol. The molecule has 0 saturated heterocycles. The summed E-state index contributed by atoms with van der Waals surface area (Å²) < 4.78 is 11.0. The van der Waals surface area contributed by atoms with E-state index in [1.807, 2.05) is 0 Å². The topological polar surface area (TPSA) is 116 Å². The fourth-order valence-electron chi connectivity index (χ4n) is 1.69. The van der Waals surface area contributed by atoms with Crippen molar-refractivity contribution < 1.29 is 9.47 Å². The Morgan fingerprint density at radius 2 is 1.23 bits per heavy atom. The molecule has 0 aromatic heterocycles. The molecule has 22 heavy (non-hydrogen) atoms. The van der Waals surface area contributed by atoms with Gasteiger partial charge in [-0.1, -0.05) is 34.5 Å². The van der Waals surface area contributed by atoms with Crippen molar-refractivity contribution in [1.29, 1.82) is 0 Å². The van der Waals surface area contributed by atoms with E-state index in [0.717, 1.165) is 0 Å². The van der Waals surface area contributed by atoms with E-state index in [1.165, 1.54) is 0 Å². The van der Waals surface area contributed by atoms with Crippen LogP contribution in [0.1, 0.15) is 0 Å². The smallest absolute Gasteiger partial charge is 0.122 e. The summed E-state index contributed by atoms with van der Waals surface area (Å²) in [6.07, 6.45) is 0. The molecular formula is C14H12N6O2. The van der Waals surface area contributed by atoms with E-state index in [1.54, 1.807) is 48.5 Å². The van der Waals surface area contributed by atoms with E-state index in [0.29, 0.717) is 36.1 Å². The van der Waals surface area contributed by atoms with Crippen molar-refractivity contribution in [2.24, 2.45) is 10.2 Å². The molecule has 0 saturated carbocycles. The minimum atomic E-state index is 0.325. The fourth-order valence-corrected chi connectivity index (χ4v) is 1.69. The van der Waals surface area contributed by atoms with Crippen LogP contribution < -0.4 is 9.47 Å². The Balaban J connectivity index is 1.84. The van der Waals surface area contributed by atoms with Crippen LogP contribution in [-0.2, 0) is 0 Å². The van der Waals surface area contributed by atoms with Gasteiger partial charge in [0.15, 0.2) is 0 Å². The lowest BCUT2D eigenvalue weighted by Gasteiger charge is -2.09. The second-order valence-corrected chi connectivity index (χ2v) is 4.07. The molecule has 8 heteroatoms. The van der Waals surface area contributed by atoms with Gasteiger partial charge < -0.3 is 9.47 Å². The first-order valence-corrected chi connectivity index (χ1v) is 6.38. The van der Waals surface area contributed by atoms with Crippen LogP contribution in [0.25, 0.3) is 20.9 Å². The molecule has 0 fully saturated rings. The monoisotopic (exact) mass is 296 g/mol.